The van der Waals surface area contributed by atoms with E-state index >= 15 is 0 Å². The number of hydrogen-bond donors (Lipinski definition) is 0. The molecule has 1 aliphatic heterocycles. The first kappa shape index (κ1) is 12.4. The van der Waals surface area contributed by atoms with E-state index in [4.69, 9.17) is 0 Å². The highest BCUT2D eigenvalue weighted by molar-refractivity contribution is 7.88. The van der Waals surface area contributed by atoms with Crippen LogP contribution in [0, 0.1) is 17.3 Å². The molecule has 1 aliphatic carbocycles. The van der Waals surface area contributed by atoms with E-state index in [1.807, 2.05) is 0 Å². The summed E-state index contributed by atoms with van der Waals surface area (Å²) in [6.45, 7) is 6.07. The van der Waals surface area contributed by atoms with Gasteiger partial charge in [0.1, 0.15) is 0 Å². The zero-order valence-corrected chi connectivity index (χ0v) is 11.4. The Morgan fingerprint density at radius 1 is 1.19 bits per heavy atom. The van der Waals surface area contributed by atoms with E-state index in [9.17, 15) is 8.42 Å². The Bertz CT molecular complexity index is 345. The molecule has 0 N–H and O–H groups in total. The molecule has 0 atom stereocenters. The molecule has 0 amide bonds. The molecular formula is C12H23NO2S. The van der Waals surface area contributed by atoms with Crippen molar-refractivity contribution in [1.82, 2.24) is 4.31 Å². The molecule has 1 saturated carbocycles. The van der Waals surface area contributed by atoms with Crippen molar-refractivity contribution in [2.45, 2.75) is 39.5 Å². The molecule has 0 aromatic heterocycles. The van der Waals surface area contributed by atoms with Crippen LogP contribution in [0.25, 0.3) is 0 Å². The van der Waals surface area contributed by atoms with E-state index in [0.29, 0.717) is 5.41 Å². The molecule has 1 saturated heterocycles. The largest absolute Gasteiger partial charge is 0.213 e. The fraction of sp³-hybridized carbons (Fsp3) is 1.00. The van der Waals surface area contributed by atoms with Gasteiger partial charge >= 0.3 is 0 Å². The van der Waals surface area contributed by atoms with Crippen LogP contribution in [0.1, 0.15) is 39.5 Å². The Labute approximate surface area is 99.3 Å². The number of hydrogen-bond acceptors (Lipinski definition) is 2. The lowest BCUT2D eigenvalue weighted by Gasteiger charge is -2.53. The molecule has 4 heteroatoms. The monoisotopic (exact) mass is 245 g/mol. The fourth-order valence-corrected chi connectivity index (χ4v) is 4.07. The maximum Gasteiger partial charge on any atom is 0.211 e. The molecule has 2 fully saturated rings. The first-order chi connectivity index (χ1) is 7.32. The molecule has 0 aromatic carbocycles. The predicted molar refractivity (Wildman–Crippen MR) is 65.6 cm³/mol. The van der Waals surface area contributed by atoms with Crippen LogP contribution in [0.4, 0.5) is 0 Å². The van der Waals surface area contributed by atoms with Crippen molar-refractivity contribution in [3.8, 4) is 0 Å². The average Bonchev–Trinajstić information content (AvgIpc) is 2.12. The van der Waals surface area contributed by atoms with Crippen LogP contribution in [0.15, 0.2) is 0 Å². The van der Waals surface area contributed by atoms with Gasteiger partial charge in [-0.1, -0.05) is 13.8 Å². The van der Waals surface area contributed by atoms with E-state index in [1.165, 1.54) is 19.1 Å². The van der Waals surface area contributed by atoms with Crippen molar-refractivity contribution in [3.05, 3.63) is 0 Å². The molecule has 0 bridgehead atoms. The minimum atomic E-state index is -2.96. The lowest BCUT2D eigenvalue weighted by atomic mass is 9.55. The zero-order valence-electron chi connectivity index (χ0n) is 10.6. The number of rotatable bonds is 2. The topological polar surface area (TPSA) is 37.4 Å². The van der Waals surface area contributed by atoms with Gasteiger partial charge in [-0.25, -0.2) is 12.7 Å². The molecule has 16 heavy (non-hydrogen) atoms. The summed E-state index contributed by atoms with van der Waals surface area (Å²) in [5.74, 6) is 1.67. The van der Waals surface area contributed by atoms with Crippen molar-refractivity contribution < 1.29 is 8.42 Å². The van der Waals surface area contributed by atoms with Crippen molar-refractivity contribution in [3.63, 3.8) is 0 Å². The summed E-state index contributed by atoms with van der Waals surface area (Å²) in [7, 11) is -2.96. The summed E-state index contributed by atoms with van der Waals surface area (Å²) in [4.78, 5) is 0. The molecule has 1 heterocycles. The highest BCUT2D eigenvalue weighted by atomic mass is 32.2. The molecule has 0 radical (unpaired) electrons. The highest BCUT2D eigenvalue weighted by Crippen LogP contribution is 2.54. The molecule has 1 spiro atoms. The third-order valence-corrected chi connectivity index (χ3v) is 5.89. The van der Waals surface area contributed by atoms with Crippen LogP contribution >= 0.6 is 0 Å². The van der Waals surface area contributed by atoms with Gasteiger partial charge in [-0.3, -0.25) is 0 Å². The first-order valence-corrected chi connectivity index (χ1v) is 8.12. The van der Waals surface area contributed by atoms with E-state index in [-0.39, 0.29) is 0 Å². The standard InChI is InChI=1S/C12H23NO2S/c1-10(2)11-8-12(9-11)4-6-13(7-5-12)16(3,14)15/h10-11H,4-9H2,1-3H3. The summed E-state index contributed by atoms with van der Waals surface area (Å²) in [6.07, 6.45) is 6.11. The second-order valence-electron chi connectivity index (χ2n) is 6.07. The summed E-state index contributed by atoms with van der Waals surface area (Å²) >= 11 is 0. The van der Waals surface area contributed by atoms with E-state index in [1.54, 1.807) is 4.31 Å². The normalized spacial score (nSPS) is 27.2. The van der Waals surface area contributed by atoms with Gasteiger partial charge in [-0.15, -0.1) is 0 Å². The molecule has 0 unspecified atom stereocenters. The Balaban J connectivity index is 1.88. The van der Waals surface area contributed by atoms with Crippen LogP contribution in [0.5, 0.6) is 0 Å². The van der Waals surface area contributed by atoms with Crippen LogP contribution in [0.2, 0.25) is 0 Å². The van der Waals surface area contributed by atoms with Gasteiger partial charge in [-0.2, -0.15) is 0 Å². The van der Waals surface area contributed by atoms with Crippen molar-refractivity contribution in [2.75, 3.05) is 19.3 Å². The van der Waals surface area contributed by atoms with Gasteiger partial charge in [0.25, 0.3) is 0 Å². The second-order valence-corrected chi connectivity index (χ2v) is 8.06. The molecule has 0 aromatic rings. The molecule has 94 valence electrons. The van der Waals surface area contributed by atoms with Crippen LogP contribution in [-0.2, 0) is 10.0 Å². The van der Waals surface area contributed by atoms with Crippen LogP contribution in [-0.4, -0.2) is 32.1 Å². The van der Waals surface area contributed by atoms with Crippen molar-refractivity contribution >= 4 is 10.0 Å². The third kappa shape index (κ3) is 2.28. The van der Waals surface area contributed by atoms with Crippen LogP contribution < -0.4 is 0 Å². The first-order valence-electron chi connectivity index (χ1n) is 6.28. The maximum absolute atomic E-state index is 11.4. The summed E-state index contributed by atoms with van der Waals surface area (Å²) in [5, 5.41) is 0. The zero-order chi connectivity index (χ0) is 12.0. The Morgan fingerprint density at radius 2 is 1.69 bits per heavy atom. The number of nitrogens with zero attached hydrogens (tertiary/aromatic N) is 1. The van der Waals surface area contributed by atoms with Crippen LogP contribution in [0.3, 0.4) is 0 Å². The predicted octanol–water partition coefficient (Wildman–Crippen LogP) is 2.09. The van der Waals surface area contributed by atoms with Gasteiger partial charge < -0.3 is 0 Å². The van der Waals surface area contributed by atoms with Crippen molar-refractivity contribution in [2.24, 2.45) is 17.3 Å². The van der Waals surface area contributed by atoms with Gasteiger partial charge in [0.2, 0.25) is 10.0 Å². The summed E-state index contributed by atoms with van der Waals surface area (Å²) in [6, 6.07) is 0. The fourth-order valence-electron chi connectivity index (χ4n) is 3.22. The third-order valence-electron chi connectivity index (χ3n) is 4.59. The van der Waals surface area contributed by atoms with Crippen molar-refractivity contribution in [1.29, 1.82) is 0 Å². The molecule has 2 aliphatic rings. The minimum Gasteiger partial charge on any atom is -0.213 e. The lowest BCUT2D eigenvalue weighted by molar-refractivity contribution is -0.0159. The molecule has 3 nitrogen and oxygen atoms in total. The van der Waals surface area contributed by atoms with Gasteiger partial charge in [0.15, 0.2) is 0 Å². The minimum absolute atomic E-state index is 0.496. The highest BCUT2D eigenvalue weighted by Gasteiger charge is 2.47. The lowest BCUT2D eigenvalue weighted by Crippen LogP contribution is -2.49. The Morgan fingerprint density at radius 3 is 2.06 bits per heavy atom. The summed E-state index contributed by atoms with van der Waals surface area (Å²) in [5.41, 5.74) is 0.496. The molecule has 2 rings (SSSR count). The quantitative estimate of drug-likeness (QED) is 0.747. The van der Waals surface area contributed by atoms with E-state index < -0.39 is 10.0 Å². The van der Waals surface area contributed by atoms with E-state index in [2.05, 4.69) is 13.8 Å². The average molecular weight is 245 g/mol. The Hall–Kier alpha value is -0.0900. The Kier molecular flexibility index (Phi) is 3.08. The summed E-state index contributed by atoms with van der Waals surface area (Å²) < 4.78 is 24.4. The number of piperidine rings is 1. The molecular weight excluding hydrogens is 222 g/mol. The smallest absolute Gasteiger partial charge is 0.211 e. The van der Waals surface area contributed by atoms with Gasteiger partial charge in [0, 0.05) is 13.1 Å². The SMILES string of the molecule is CC(C)C1CC2(CCN(S(C)(=O)=O)CC2)C1. The van der Waals surface area contributed by atoms with Gasteiger partial charge in [0.05, 0.1) is 6.26 Å². The van der Waals surface area contributed by atoms with E-state index in [0.717, 1.165) is 37.8 Å². The second kappa shape index (κ2) is 3.98. The van der Waals surface area contributed by atoms with Gasteiger partial charge in [-0.05, 0) is 42.9 Å². The number of sulfonamides is 1. The maximum atomic E-state index is 11.4.